The van der Waals surface area contributed by atoms with E-state index in [0.717, 1.165) is 29.0 Å². The van der Waals surface area contributed by atoms with Crippen molar-refractivity contribution >= 4 is 21.8 Å². The SMILES string of the molecule is CCCCNC(=O)[C@@H](C)N(Cc1ccc(F)cc1)C(=O)CN(Cc1ccccc1)S(C)(=O)=O. The van der Waals surface area contributed by atoms with E-state index in [2.05, 4.69) is 5.32 Å². The molecule has 9 heteroatoms. The van der Waals surface area contributed by atoms with Crippen LogP contribution in [0, 0.1) is 5.82 Å². The van der Waals surface area contributed by atoms with E-state index in [1.807, 2.05) is 13.0 Å². The summed E-state index contributed by atoms with van der Waals surface area (Å²) in [7, 11) is -3.70. The summed E-state index contributed by atoms with van der Waals surface area (Å²) in [6.07, 6.45) is 2.77. The largest absolute Gasteiger partial charge is 0.354 e. The van der Waals surface area contributed by atoms with E-state index in [4.69, 9.17) is 0 Å². The molecule has 0 spiro atoms. The second-order valence-corrected chi connectivity index (χ2v) is 9.97. The van der Waals surface area contributed by atoms with Crippen LogP contribution in [-0.2, 0) is 32.7 Å². The number of unbranched alkanes of at least 4 members (excludes halogenated alkanes) is 1. The van der Waals surface area contributed by atoms with Crippen LogP contribution < -0.4 is 5.32 Å². The molecule has 0 aromatic heterocycles. The summed E-state index contributed by atoms with van der Waals surface area (Å²) in [5, 5.41) is 2.81. The lowest BCUT2D eigenvalue weighted by Gasteiger charge is -2.31. The Bertz CT molecular complexity index is 1010. The standard InChI is InChI=1S/C24H32FN3O4S/c1-4-5-15-26-24(30)19(2)28(17-21-11-13-22(25)14-12-21)23(29)18-27(33(3,31)32)16-20-9-7-6-8-10-20/h6-14,19H,4-5,15-18H2,1-3H3,(H,26,30)/t19-/m1/s1. The van der Waals surface area contributed by atoms with Gasteiger partial charge >= 0.3 is 0 Å². The van der Waals surface area contributed by atoms with E-state index in [-0.39, 0.29) is 19.0 Å². The first-order valence-corrected chi connectivity index (χ1v) is 12.8. The van der Waals surface area contributed by atoms with Gasteiger partial charge in [0.2, 0.25) is 21.8 Å². The molecule has 180 valence electrons. The molecule has 1 atom stereocenters. The maximum atomic E-state index is 13.3. The smallest absolute Gasteiger partial charge is 0.242 e. The van der Waals surface area contributed by atoms with Crippen LogP contribution in [0.3, 0.4) is 0 Å². The van der Waals surface area contributed by atoms with Gasteiger partial charge in [-0.1, -0.05) is 55.8 Å². The van der Waals surface area contributed by atoms with Crippen molar-refractivity contribution in [3.63, 3.8) is 0 Å². The minimum absolute atomic E-state index is 0.0346. The summed E-state index contributed by atoms with van der Waals surface area (Å²) in [6, 6.07) is 13.8. The fourth-order valence-electron chi connectivity index (χ4n) is 3.22. The topological polar surface area (TPSA) is 86.8 Å². The van der Waals surface area contributed by atoms with E-state index in [0.29, 0.717) is 12.1 Å². The van der Waals surface area contributed by atoms with Crippen molar-refractivity contribution in [1.29, 1.82) is 0 Å². The number of hydrogen-bond donors (Lipinski definition) is 1. The Morgan fingerprint density at radius 2 is 1.61 bits per heavy atom. The number of hydrogen-bond acceptors (Lipinski definition) is 4. The molecule has 0 fully saturated rings. The van der Waals surface area contributed by atoms with Crippen molar-refractivity contribution in [1.82, 2.24) is 14.5 Å². The molecule has 2 aromatic carbocycles. The first-order valence-electron chi connectivity index (χ1n) is 10.9. The second-order valence-electron chi connectivity index (χ2n) is 7.99. The average molecular weight is 478 g/mol. The molecule has 7 nitrogen and oxygen atoms in total. The fraction of sp³-hybridized carbons (Fsp3) is 0.417. The minimum Gasteiger partial charge on any atom is -0.354 e. The van der Waals surface area contributed by atoms with Crippen LogP contribution in [-0.4, -0.2) is 54.8 Å². The van der Waals surface area contributed by atoms with Gasteiger partial charge < -0.3 is 10.2 Å². The van der Waals surface area contributed by atoms with Gasteiger partial charge in [0.15, 0.2) is 0 Å². The van der Waals surface area contributed by atoms with Crippen LogP contribution in [0.25, 0.3) is 0 Å². The van der Waals surface area contributed by atoms with Gasteiger partial charge in [0.1, 0.15) is 11.9 Å². The Morgan fingerprint density at radius 3 is 2.18 bits per heavy atom. The number of amides is 2. The summed E-state index contributed by atoms with van der Waals surface area (Å²) in [4.78, 5) is 27.3. The number of rotatable bonds is 12. The molecule has 1 N–H and O–H groups in total. The van der Waals surface area contributed by atoms with Crippen LogP contribution in [0.1, 0.15) is 37.8 Å². The quantitative estimate of drug-likeness (QED) is 0.476. The normalized spacial score (nSPS) is 12.4. The molecule has 0 saturated carbocycles. The van der Waals surface area contributed by atoms with Crippen LogP contribution in [0.4, 0.5) is 4.39 Å². The van der Waals surface area contributed by atoms with Crippen molar-refractivity contribution < 1.29 is 22.4 Å². The highest BCUT2D eigenvalue weighted by Crippen LogP contribution is 2.14. The minimum atomic E-state index is -3.70. The molecule has 0 radical (unpaired) electrons. The van der Waals surface area contributed by atoms with Gasteiger partial charge in [0.25, 0.3) is 0 Å². The van der Waals surface area contributed by atoms with Crippen molar-refractivity contribution in [3.8, 4) is 0 Å². The van der Waals surface area contributed by atoms with E-state index in [1.54, 1.807) is 31.2 Å². The highest BCUT2D eigenvalue weighted by molar-refractivity contribution is 7.88. The van der Waals surface area contributed by atoms with Crippen LogP contribution in [0.5, 0.6) is 0 Å². The number of sulfonamides is 1. The van der Waals surface area contributed by atoms with Crippen LogP contribution >= 0.6 is 0 Å². The fourth-order valence-corrected chi connectivity index (χ4v) is 3.95. The molecule has 2 rings (SSSR count). The Morgan fingerprint density at radius 1 is 1.00 bits per heavy atom. The van der Waals surface area contributed by atoms with Crippen LogP contribution in [0.15, 0.2) is 54.6 Å². The van der Waals surface area contributed by atoms with Gasteiger partial charge in [-0.15, -0.1) is 0 Å². The number of carbonyl (C=O) groups excluding carboxylic acids is 2. The van der Waals surface area contributed by atoms with Gasteiger partial charge in [-0.05, 0) is 36.6 Å². The highest BCUT2D eigenvalue weighted by atomic mass is 32.2. The van der Waals surface area contributed by atoms with E-state index >= 15 is 0 Å². The van der Waals surface area contributed by atoms with E-state index < -0.39 is 34.3 Å². The zero-order chi connectivity index (χ0) is 24.4. The second kappa shape index (κ2) is 12.5. The lowest BCUT2D eigenvalue weighted by Crippen LogP contribution is -2.51. The predicted octanol–water partition coefficient (Wildman–Crippen LogP) is 2.92. The molecule has 0 aliphatic rings. The monoisotopic (exact) mass is 477 g/mol. The number of nitrogens with zero attached hydrogens (tertiary/aromatic N) is 2. The van der Waals surface area contributed by atoms with Crippen molar-refractivity contribution in [2.24, 2.45) is 0 Å². The third-order valence-electron chi connectivity index (χ3n) is 5.25. The predicted molar refractivity (Wildman–Crippen MR) is 126 cm³/mol. The highest BCUT2D eigenvalue weighted by Gasteiger charge is 2.29. The maximum Gasteiger partial charge on any atom is 0.242 e. The van der Waals surface area contributed by atoms with Gasteiger partial charge in [-0.25, -0.2) is 12.8 Å². The first kappa shape index (κ1) is 26.5. The Kier molecular flexibility index (Phi) is 9.99. The summed E-state index contributed by atoms with van der Waals surface area (Å²) in [5.41, 5.74) is 1.37. The molecule has 2 aromatic rings. The summed E-state index contributed by atoms with van der Waals surface area (Å²) in [5.74, 6) is -1.25. The van der Waals surface area contributed by atoms with Crippen molar-refractivity contribution in [2.75, 3.05) is 19.3 Å². The van der Waals surface area contributed by atoms with Crippen LogP contribution in [0.2, 0.25) is 0 Å². The third-order valence-corrected chi connectivity index (χ3v) is 6.44. The molecule has 0 bridgehead atoms. The van der Waals surface area contributed by atoms with Crippen molar-refractivity contribution in [2.45, 2.75) is 45.8 Å². The number of carbonyl (C=O) groups is 2. The Hall–Kier alpha value is -2.78. The van der Waals surface area contributed by atoms with Crippen molar-refractivity contribution in [3.05, 3.63) is 71.5 Å². The molecular weight excluding hydrogens is 445 g/mol. The zero-order valence-corrected chi connectivity index (χ0v) is 20.1. The number of nitrogens with one attached hydrogen (secondary N) is 1. The van der Waals surface area contributed by atoms with Gasteiger partial charge in [-0.3, -0.25) is 9.59 Å². The van der Waals surface area contributed by atoms with E-state index in [9.17, 15) is 22.4 Å². The summed E-state index contributed by atoms with van der Waals surface area (Å²) >= 11 is 0. The average Bonchev–Trinajstić information content (AvgIpc) is 2.78. The lowest BCUT2D eigenvalue weighted by atomic mass is 10.1. The van der Waals surface area contributed by atoms with E-state index in [1.165, 1.54) is 29.2 Å². The Balaban J connectivity index is 2.25. The molecule has 33 heavy (non-hydrogen) atoms. The molecule has 2 amide bonds. The molecule has 0 saturated heterocycles. The Labute approximate surface area is 195 Å². The number of benzene rings is 2. The molecule has 0 heterocycles. The first-order chi connectivity index (χ1) is 15.6. The van der Waals surface area contributed by atoms with Gasteiger partial charge in [0, 0.05) is 19.6 Å². The number of halogens is 1. The lowest BCUT2D eigenvalue weighted by molar-refractivity contribution is -0.140. The zero-order valence-electron chi connectivity index (χ0n) is 19.3. The summed E-state index contributed by atoms with van der Waals surface area (Å²) in [6.45, 7) is 3.76. The molecule has 0 aliphatic heterocycles. The maximum absolute atomic E-state index is 13.3. The molecule has 0 unspecified atom stereocenters. The van der Waals surface area contributed by atoms with Gasteiger partial charge in [0.05, 0.1) is 12.8 Å². The molecular formula is C24H32FN3O4S. The van der Waals surface area contributed by atoms with Gasteiger partial charge in [-0.2, -0.15) is 4.31 Å². The third kappa shape index (κ3) is 8.58. The summed E-state index contributed by atoms with van der Waals surface area (Å²) < 4.78 is 39.2. The molecule has 0 aliphatic carbocycles.